The predicted octanol–water partition coefficient (Wildman–Crippen LogP) is 6.25. The SMILES string of the molecule is CCOc1cc(/C=N\NC(=O)c2ccc(C#N)cc2F)cc(Cl)c1OCc1cccc2ccccc12. The predicted molar refractivity (Wildman–Crippen MR) is 137 cm³/mol. The Bertz CT molecular complexity index is 1490. The van der Waals surface area contributed by atoms with Crippen LogP contribution >= 0.6 is 11.6 Å². The smallest absolute Gasteiger partial charge is 0.274 e. The normalized spacial score (nSPS) is 10.8. The maximum Gasteiger partial charge on any atom is 0.274 e. The summed E-state index contributed by atoms with van der Waals surface area (Å²) in [6, 6.07) is 22.8. The number of halogens is 2. The van der Waals surface area contributed by atoms with Crippen molar-refractivity contribution in [2.24, 2.45) is 5.10 Å². The Balaban J connectivity index is 1.50. The van der Waals surface area contributed by atoms with Crippen molar-refractivity contribution in [2.45, 2.75) is 13.5 Å². The third-order valence-corrected chi connectivity index (χ3v) is 5.59. The number of carbonyl (C=O) groups is 1. The van der Waals surface area contributed by atoms with E-state index < -0.39 is 11.7 Å². The minimum Gasteiger partial charge on any atom is -0.490 e. The van der Waals surface area contributed by atoms with Gasteiger partial charge in [0.1, 0.15) is 12.4 Å². The first-order valence-electron chi connectivity index (χ1n) is 11.1. The van der Waals surface area contributed by atoms with Gasteiger partial charge >= 0.3 is 0 Å². The molecule has 4 rings (SSSR count). The van der Waals surface area contributed by atoms with Gasteiger partial charge in [-0.3, -0.25) is 4.79 Å². The lowest BCUT2D eigenvalue weighted by Crippen LogP contribution is -2.19. The number of nitrogens with zero attached hydrogens (tertiary/aromatic N) is 2. The van der Waals surface area contributed by atoms with Crippen LogP contribution in [0.4, 0.5) is 4.39 Å². The summed E-state index contributed by atoms with van der Waals surface area (Å²) in [5, 5.41) is 15.2. The molecule has 0 aromatic heterocycles. The van der Waals surface area contributed by atoms with Crippen molar-refractivity contribution in [2.75, 3.05) is 6.61 Å². The lowest BCUT2D eigenvalue weighted by Gasteiger charge is -2.15. The monoisotopic (exact) mass is 501 g/mol. The molecular weight excluding hydrogens is 481 g/mol. The van der Waals surface area contributed by atoms with Crippen LogP contribution in [0.3, 0.4) is 0 Å². The number of nitriles is 1. The lowest BCUT2D eigenvalue weighted by atomic mass is 10.1. The van der Waals surface area contributed by atoms with E-state index in [1.54, 1.807) is 12.1 Å². The number of hydrogen-bond acceptors (Lipinski definition) is 5. The Labute approximate surface area is 212 Å². The summed E-state index contributed by atoms with van der Waals surface area (Å²) in [5.74, 6) is -0.737. The second-order valence-corrected chi connectivity index (χ2v) is 8.10. The van der Waals surface area contributed by atoms with Crippen molar-refractivity contribution >= 4 is 34.5 Å². The van der Waals surface area contributed by atoms with Crippen molar-refractivity contribution in [1.82, 2.24) is 5.43 Å². The van der Waals surface area contributed by atoms with Crippen LogP contribution in [0.15, 0.2) is 77.9 Å². The average Bonchev–Trinajstić information content (AvgIpc) is 2.88. The number of amides is 1. The van der Waals surface area contributed by atoms with E-state index in [4.69, 9.17) is 26.3 Å². The van der Waals surface area contributed by atoms with Gasteiger partial charge in [0.25, 0.3) is 5.91 Å². The zero-order valence-corrected chi connectivity index (χ0v) is 20.1. The largest absolute Gasteiger partial charge is 0.490 e. The van der Waals surface area contributed by atoms with E-state index in [0.29, 0.717) is 35.3 Å². The Morgan fingerprint density at radius 3 is 2.69 bits per heavy atom. The number of benzene rings is 4. The van der Waals surface area contributed by atoms with Crippen LogP contribution in [-0.2, 0) is 6.61 Å². The molecule has 8 heteroatoms. The van der Waals surface area contributed by atoms with Crippen molar-refractivity contribution in [1.29, 1.82) is 5.26 Å². The van der Waals surface area contributed by atoms with E-state index in [0.717, 1.165) is 22.4 Å². The van der Waals surface area contributed by atoms with Crippen LogP contribution in [0, 0.1) is 17.1 Å². The van der Waals surface area contributed by atoms with Gasteiger partial charge < -0.3 is 9.47 Å². The minimum atomic E-state index is -0.809. The molecule has 0 atom stereocenters. The van der Waals surface area contributed by atoms with E-state index in [1.165, 1.54) is 18.3 Å². The third kappa shape index (κ3) is 5.62. The van der Waals surface area contributed by atoms with E-state index in [-0.39, 0.29) is 11.1 Å². The fourth-order valence-electron chi connectivity index (χ4n) is 3.63. The van der Waals surface area contributed by atoms with Gasteiger partial charge in [-0.15, -0.1) is 0 Å². The standard InChI is InChI=1S/C28H21ClFN3O3/c1-2-35-26-14-19(16-32-33-28(34)23-11-10-18(15-31)13-25(23)30)12-24(29)27(26)36-17-21-8-5-7-20-6-3-4-9-22(20)21/h3-14,16H,2,17H2,1H3,(H,33,34)/b32-16-. The van der Waals surface area contributed by atoms with E-state index in [2.05, 4.69) is 10.5 Å². The van der Waals surface area contributed by atoms with Crippen LogP contribution in [0.2, 0.25) is 5.02 Å². The summed E-state index contributed by atoms with van der Waals surface area (Å²) in [4.78, 5) is 12.2. The van der Waals surface area contributed by atoms with Gasteiger partial charge in [0.15, 0.2) is 11.5 Å². The average molecular weight is 502 g/mol. The van der Waals surface area contributed by atoms with Crippen LogP contribution in [0.1, 0.15) is 34.0 Å². The number of fused-ring (bicyclic) bond motifs is 1. The number of hydrogen-bond donors (Lipinski definition) is 1. The van der Waals surface area contributed by atoms with Gasteiger partial charge in [0.05, 0.1) is 35.0 Å². The summed E-state index contributed by atoms with van der Waals surface area (Å²) < 4.78 is 25.8. The van der Waals surface area contributed by atoms with Crippen LogP contribution in [-0.4, -0.2) is 18.7 Å². The summed E-state index contributed by atoms with van der Waals surface area (Å²) in [6.45, 7) is 2.52. The van der Waals surface area contributed by atoms with Gasteiger partial charge in [0, 0.05) is 0 Å². The van der Waals surface area contributed by atoms with Crippen LogP contribution in [0.5, 0.6) is 11.5 Å². The molecule has 4 aromatic carbocycles. The Kier molecular flexibility index (Phi) is 7.79. The Morgan fingerprint density at radius 1 is 1.11 bits per heavy atom. The van der Waals surface area contributed by atoms with E-state index >= 15 is 0 Å². The molecule has 1 N–H and O–H groups in total. The van der Waals surface area contributed by atoms with Crippen molar-refractivity contribution < 1.29 is 18.7 Å². The first-order valence-corrected chi connectivity index (χ1v) is 11.5. The van der Waals surface area contributed by atoms with Gasteiger partial charge in [-0.1, -0.05) is 54.1 Å². The fraction of sp³-hybridized carbons (Fsp3) is 0.107. The van der Waals surface area contributed by atoms with Crippen molar-refractivity contribution in [3.8, 4) is 17.6 Å². The van der Waals surface area contributed by atoms with Crippen molar-refractivity contribution in [3.05, 3.63) is 106 Å². The summed E-state index contributed by atoms with van der Waals surface area (Å²) in [5.41, 5.74) is 3.71. The molecule has 180 valence electrons. The number of ether oxygens (including phenoxy) is 2. The van der Waals surface area contributed by atoms with E-state index in [9.17, 15) is 9.18 Å². The summed E-state index contributed by atoms with van der Waals surface area (Å²) in [7, 11) is 0. The molecule has 0 radical (unpaired) electrons. The molecule has 0 aliphatic heterocycles. The molecule has 0 saturated heterocycles. The molecule has 1 amide bonds. The molecule has 0 aliphatic carbocycles. The highest BCUT2D eigenvalue weighted by Gasteiger charge is 2.14. The molecule has 6 nitrogen and oxygen atoms in total. The maximum atomic E-state index is 14.0. The maximum absolute atomic E-state index is 14.0. The van der Waals surface area contributed by atoms with Crippen molar-refractivity contribution in [3.63, 3.8) is 0 Å². The van der Waals surface area contributed by atoms with Gasteiger partial charge in [0.2, 0.25) is 0 Å². The first-order chi connectivity index (χ1) is 17.5. The summed E-state index contributed by atoms with van der Waals surface area (Å²) >= 11 is 6.51. The fourth-order valence-corrected chi connectivity index (χ4v) is 3.90. The van der Waals surface area contributed by atoms with Gasteiger partial charge in [-0.25, -0.2) is 9.82 Å². The molecular formula is C28H21ClFN3O3. The molecule has 0 saturated carbocycles. The second-order valence-electron chi connectivity index (χ2n) is 7.70. The molecule has 0 unspecified atom stereocenters. The lowest BCUT2D eigenvalue weighted by molar-refractivity contribution is 0.0951. The van der Waals surface area contributed by atoms with E-state index in [1.807, 2.05) is 55.5 Å². The first kappa shape index (κ1) is 24.7. The second kappa shape index (κ2) is 11.3. The number of nitrogens with one attached hydrogen (secondary N) is 1. The number of rotatable bonds is 8. The summed E-state index contributed by atoms with van der Waals surface area (Å²) in [6.07, 6.45) is 1.36. The topological polar surface area (TPSA) is 83.7 Å². The highest BCUT2D eigenvalue weighted by atomic mass is 35.5. The Hall–Kier alpha value is -4.41. The molecule has 0 bridgehead atoms. The van der Waals surface area contributed by atoms with Gasteiger partial charge in [-0.2, -0.15) is 10.4 Å². The van der Waals surface area contributed by atoms with Crippen LogP contribution in [0.25, 0.3) is 10.8 Å². The molecule has 0 spiro atoms. The van der Waals surface area contributed by atoms with Gasteiger partial charge in [-0.05, 0) is 59.2 Å². The highest BCUT2D eigenvalue weighted by molar-refractivity contribution is 6.32. The number of hydrazone groups is 1. The third-order valence-electron chi connectivity index (χ3n) is 5.31. The number of carbonyl (C=O) groups excluding carboxylic acids is 1. The molecule has 0 fully saturated rings. The molecule has 36 heavy (non-hydrogen) atoms. The quantitative estimate of drug-likeness (QED) is 0.228. The molecule has 0 heterocycles. The minimum absolute atomic E-state index is 0.119. The highest BCUT2D eigenvalue weighted by Crippen LogP contribution is 2.37. The zero-order chi connectivity index (χ0) is 25.5. The van der Waals surface area contributed by atoms with Crippen LogP contribution < -0.4 is 14.9 Å². The Morgan fingerprint density at radius 2 is 1.92 bits per heavy atom. The zero-order valence-electron chi connectivity index (χ0n) is 19.3. The molecule has 0 aliphatic rings. The molecule has 4 aromatic rings.